The zero-order valence-electron chi connectivity index (χ0n) is 16.7. The molecule has 3 aromatic rings. The van der Waals surface area contributed by atoms with Crippen LogP contribution in [0.5, 0.6) is 6.01 Å². The zero-order chi connectivity index (χ0) is 19.7. The topological polar surface area (TPSA) is 67.5 Å². The first-order valence-corrected chi connectivity index (χ1v) is 9.70. The van der Waals surface area contributed by atoms with Gasteiger partial charge in [0.2, 0.25) is 0 Å². The van der Waals surface area contributed by atoms with Gasteiger partial charge in [0.25, 0.3) is 0 Å². The highest BCUT2D eigenvalue weighted by atomic mass is 16.5. The lowest BCUT2D eigenvalue weighted by Crippen LogP contribution is -2.33. The molecular weight excluding hydrogens is 350 g/mol. The summed E-state index contributed by atoms with van der Waals surface area (Å²) in [7, 11) is 4.04. The minimum Gasteiger partial charge on any atom is -0.459 e. The first kappa shape index (κ1) is 18.5. The fourth-order valence-corrected chi connectivity index (χ4v) is 3.91. The Morgan fingerprint density at radius 3 is 2.75 bits per heavy atom. The van der Waals surface area contributed by atoms with Crippen LogP contribution in [0.3, 0.4) is 0 Å². The Labute approximate surface area is 165 Å². The van der Waals surface area contributed by atoms with Gasteiger partial charge in [0.15, 0.2) is 0 Å². The molecule has 1 aliphatic heterocycles. The van der Waals surface area contributed by atoms with E-state index in [0.717, 1.165) is 30.8 Å². The monoisotopic (exact) mass is 377 g/mol. The first-order chi connectivity index (χ1) is 13.5. The molecular formula is C22H27N5O. The van der Waals surface area contributed by atoms with E-state index in [4.69, 9.17) is 15.5 Å². The molecule has 1 aromatic heterocycles. The molecule has 0 saturated carbocycles. The maximum absolute atomic E-state index is 6.23. The molecule has 0 aliphatic carbocycles. The summed E-state index contributed by atoms with van der Waals surface area (Å²) in [6.45, 7) is 4.41. The summed E-state index contributed by atoms with van der Waals surface area (Å²) in [6.07, 6.45) is 0.822. The van der Waals surface area contributed by atoms with E-state index in [9.17, 15) is 0 Å². The van der Waals surface area contributed by atoms with Gasteiger partial charge in [0.1, 0.15) is 11.9 Å². The van der Waals surface area contributed by atoms with Crippen molar-refractivity contribution in [2.45, 2.75) is 26.0 Å². The number of nitrogens with zero attached hydrogens (tertiary/aromatic N) is 4. The molecule has 28 heavy (non-hydrogen) atoms. The summed E-state index contributed by atoms with van der Waals surface area (Å²) in [5, 5.41) is 2.50. The predicted molar refractivity (Wildman–Crippen MR) is 114 cm³/mol. The number of benzene rings is 2. The number of nitrogens with two attached hydrogens (primary N) is 1. The van der Waals surface area contributed by atoms with Crippen LogP contribution in [-0.4, -0.2) is 48.2 Å². The van der Waals surface area contributed by atoms with E-state index in [0.29, 0.717) is 18.4 Å². The summed E-state index contributed by atoms with van der Waals surface area (Å²) in [6, 6.07) is 15.3. The van der Waals surface area contributed by atoms with Crippen molar-refractivity contribution >= 4 is 22.3 Å². The van der Waals surface area contributed by atoms with Gasteiger partial charge in [0.05, 0.1) is 12.2 Å². The molecule has 0 spiro atoms. The molecule has 2 aromatic carbocycles. The van der Waals surface area contributed by atoms with E-state index >= 15 is 0 Å². The second kappa shape index (κ2) is 7.64. The van der Waals surface area contributed by atoms with E-state index in [1.54, 1.807) is 0 Å². The lowest BCUT2D eigenvalue weighted by Gasteiger charge is -2.31. The fourth-order valence-electron chi connectivity index (χ4n) is 3.91. The number of likely N-dealkylation sites (N-methyl/N-ethyl adjacent to an activating group) is 1. The first-order valence-electron chi connectivity index (χ1n) is 9.70. The third-order valence-corrected chi connectivity index (χ3v) is 5.11. The van der Waals surface area contributed by atoms with Crippen molar-refractivity contribution in [3.8, 4) is 6.01 Å². The van der Waals surface area contributed by atoms with Crippen LogP contribution in [0.4, 0.5) is 11.5 Å². The molecule has 1 aliphatic rings. The number of aromatic nitrogens is 2. The van der Waals surface area contributed by atoms with Gasteiger partial charge < -0.3 is 20.3 Å². The maximum Gasteiger partial charge on any atom is 0.318 e. The Balaban J connectivity index is 1.62. The molecule has 4 rings (SSSR count). The van der Waals surface area contributed by atoms with Crippen LogP contribution >= 0.6 is 0 Å². The quantitative estimate of drug-likeness (QED) is 0.737. The Hall–Kier alpha value is -2.86. The van der Waals surface area contributed by atoms with Gasteiger partial charge in [0, 0.05) is 29.7 Å². The number of hydrogen-bond donors (Lipinski definition) is 1. The standard InChI is InChI=1S/C22H27N5O/c1-15(13-26(2)3)28-22-24-19-14-27(12-11-18(19)21(23)25-22)20-10-6-8-16-7-4-5-9-17(16)20/h4-10,15H,11-14H2,1-3H3,(H2,23,24,25)/t15-/m1/s1. The molecule has 6 heteroatoms. The summed E-state index contributed by atoms with van der Waals surface area (Å²) < 4.78 is 5.92. The van der Waals surface area contributed by atoms with E-state index in [1.165, 1.54) is 16.5 Å². The van der Waals surface area contributed by atoms with E-state index in [2.05, 4.69) is 57.2 Å². The van der Waals surface area contributed by atoms with Crippen LogP contribution in [0.1, 0.15) is 18.2 Å². The summed E-state index contributed by atoms with van der Waals surface area (Å²) in [5.74, 6) is 0.537. The second-order valence-corrected chi connectivity index (χ2v) is 7.68. The van der Waals surface area contributed by atoms with Gasteiger partial charge >= 0.3 is 6.01 Å². The van der Waals surface area contributed by atoms with Crippen molar-refractivity contribution in [2.75, 3.05) is 37.8 Å². The van der Waals surface area contributed by atoms with E-state index < -0.39 is 0 Å². The van der Waals surface area contributed by atoms with Gasteiger partial charge in [-0.2, -0.15) is 9.97 Å². The van der Waals surface area contributed by atoms with Crippen LogP contribution in [0.15, 0.2) is 42.5 Å². The molecule has 2 N–H and O–H groups in total. The summed E-state index contributed by atoms with van der Waals surface area (Å²) in [4.78, 5) is 13.5. The van der Waals surface area contributed by atoms with Crippen molar-refractivity contribution in [1.82, 2.24) is 14.9 Å². The maximum atomic E-state index is 6.23. The molecule has 6 nitrogen and oxygen atoms in total. The third-order valence-electron chi connectivity index (χ3n) is 5.11. The molecule has 2 heterocycles. The molecule has 1 atom stereocenters. The fraction of sp³-hybridized carbons (Fsp3) is 0.364. The molecule has 0 saturated heterocycles. The number of hydrogen-bond acceptors (Lipinski definition) is 6. The van der Waals surface area contributed by atoms with E-state index in [-0.39, 0.29) is 6.10 Å². The van der Waals surface area contributed by atoms with Gasteiger partial charge in [-0.25, -0.2) is 0 Å². The molecule has 0 bridgehead atoms. The summed E-state index contributed by atoms with van der Waals surface area (Å²) >= 11 is 0. The Morgan fingerprint density at radius 1 is 1.14 bits per heavy atom. The van der Waals surface area contributed by atoms with Crippen LogP contribution in [0.25, 0.3) is 10.8 Å². The molecule has 0 fully saturated rings. The minimum absolute atomic E-state index is 0.00906. The number of rotatable bonds is 5. The average Bonchev–Trinajstić information content (AvgIpc) is 2.66. The van der Waals surface area contributed by atoms with Gasteiger partial charge in [-0.05, 0) is 38.9 Å². The largest absolute Gasteiger partial charge is 0.459 e. The molecule has 0 amide bonds. The van der Waals surface area contributed by atoms with Crippen LogP contribution in [-0.2, 0) is 13.0 Å². The Morgan fingerprint density at radius 2 is 1.93 bits per heavy atom. The molecule has 146 valence electrons. The van der Waals surface area contributed by atoms with Crippen molar-refractivity contribution in [3.05, 3.63) is 53.7 Å². The second-order valence-electron chi connectivity index (χ2n) is 7.68. The predicted octanol–water partition coefficient (Wildman–Crippen LogP) is 3.10. The van der Waals surface area contributed by atoms with Crippen LogP contribution < -0.4 is 15.4 Å². The smallest absolute Gasteiger partial charge is 0.318 e. The number of anilines is 2. The normalized spacial score (nSPS) is 14.9. The highest BCUT2D eigenvalue weighted by molar-refractivity contribution is 5.94. The van der Waals surface area contributed by atoms with Crippen molar-refractivity contribution < 1.29 is 4.74 Å². The average molecular weight is 377 g/mol. The van der Waals surface area contributed by atoms with Gasteiger partial charge in [-0.3, -0.25) is 0 Å². The zero-order valence-corrected chi connectivity index (χ0v) is 16.7. The van der Waals surface area contributed by atoms with Gasteiger partial charge in [-0.1, -0.05) is 36.4 Å². The van der Waals surface area contributed by atoms with Crippen molar-refractivity contribution in [1.29, 1.82) is 0 Å². The SMILES string of the molecule is C[C@H](CN(C)C)Oc1nc(N)c2c(n1)CN(c1cccc3ccccc13)CC2. The number of ether oxygens (including phenoxy) is 1. The highest BCUT2D eigenvalue weighted by Crippen LogP contribution is 2.32. The van der Waals surface area contributed by atoms with Crippen molar-refractivity contribution in [2.24, 2.45) is 0 Å². The van der Waals surface area contributed by atoms with Crippen LogP contribution in [0, 0.1) is 0 Å². The Bertz CT molecular complexity index is 983. The van der Waals surface area contributed by atoms with Crippen LogP contribution in [0.2, 0.25) is 0 Å². The molecule has 0 unspecified atom stereocenters. The number of nitrogen functional groups attached to an aromatic ring is 1. The summed E-state index contributed by atoms with van der Waals surface area (Å²) in [5.41, 5.74) is 9.46. The van der Waals surface area contributed by atoms with E-state index in [1.807, 2.05) is 21.0 Å². The minimum atomic E-state index is -0.00906. The lowest BCUT2D eigenvalue weighted by atomic mass is 10.0. The molecule has 0 radical (unpaired) electrons. The Kier molecular flexibility index (Phi) is 5.05. The number of fused-ring (bicyclic) bond motifs is 2. The van der Waals surface area contributed by atoms with Crippen molar-refractivity contribution in [3.63, 3.8) is 0 Å². The highest BCUT2D eigenvalue weighted by Gasteiger charge is 2.23. The van der Waals surface area contributed by atoms with Gasteiger partial charge in [-0.15, -0.1) is 0 Å². The third kappa shape index (κ3) is 3.73. The lowest BCUT2D eigenvalue weighted by molar-refractivity contribution is 0.163.